The molecule has 2 N–H and O–H groups in total. The Morgan fingerprint density at radius 1 is 0.658 bits per heavy atom. The zero-order chi connectivity index (χ0) is 26.8. The van der Waals surface area contributed by atoms with Gasteiger partial charge in [-0.15, -0.1) is 0 Å². The van der Waals surface area contributed by atoms with E-state index in [9.17, 15) is 19.8 Å². The lowest BCUT2D eigenvalue weighted by molar-refractivity contribution is -0.923. The van der Waals surface area contributed by atoms with Crippen LogP contribution in [0.2, 0.25) is 0 Å². The van der Waals surface area contributed by atoms with Gasteiger partial charge in [0.1, 0.15) is 18.0 Å². The number of quaternary nitrogens is 1. The molecule has 2 aromatic carbocycles. The highest BCUT2D eigenvalue weighted by molar-refractivity contribution is 6.30. The van der Waals surface area contributed by atoms with Crippen molar-refractivity contribution in [2.75, 3.05) is 20.1 Å². The lowest BCUT2D eigenvalue weighted by atomic mass is 9.82. The van der Waals surface area contributed by atoms with Gasteiger partial charge in [-0.3, -0.25) is 9.59 Å². The second kappa shape index (κ2) is 15.4. The summed E-state index contributed by atoms with van der Waals surface area (Å²) in [4.78, 5) is 26.4. The summed E-state index contributed by atoms with van der Waals surface area (Å²) >= 11 is 0. The summed E-state index contributed by atoms with van der Waals surface area (Å²) in [5.41, 5.74) is 1.30. The van der Waals surface area contributed by atoms with E-state index in [0.29, 0.717) is 6.54 Å². The molecule has 0 aromatic heterocycles. The Kier molecular flexibility index (Phi) is 13.0. The zero-order valence-corrected chi connectivity index (χ0v) is 25.1. The van der Waals surface area contributed by atoms with Crippen molar-refractivity contribution in [3.05, 3.63) is 58.1 Å². The first-order chi connectivity index (χ1) is 17.8. The van der Waals surface area contributed by atoms with Crippen molar-refractivity contribution in [1.29, 1.82) is 0 Å². The zero-order valence-electron chi connectivity index (χ0n) is 23.5. The number of carbonyl (C=O) groups excluding carboxylic acids is 2. The number of fused-ring (bicyclic) bond motifs is 2. The summed E-state index contributed by atoms with van der Waals surface area (Å²) in [5.74, 6) is -1.22. The van der Waals surface area contributed by atoms with Crippen molar-refractivity contribution in [3.63, 3.8) is 0 Å². The average Bonchev–Trinajstić information content (AvgIpc) is 2.86. The highest BCUT2D eigenvalue weighted by atomic mass is 79.9. The number of phenols is 2. The molecule has 0 spiro atoms. The maximum absolute atomic E-state index is 13.3. The predicted molar refractivity (Wildman–Crippen MR) is 149 cm³/mol. The van der Waals surface area contributed by atoms with Crippen LogP contribution < -0.4 is 17.0 Å². The quantitative estimate of drug-likeness (QED) is 0.190. The number of ketones is 2. The molecule has 210 valence electrons. The molecule has 0 fully saturated rings. The van der Waals surface area contributed by atoms with Crippen molar-refractivity contribution in [3.8, 4) is 11.5 Å². The summed E-state index contributed by atoms with van der Waals surface area (Å²) in [5, 5.41) is 21.1. The summed E-state index contributed by atoms with van der Waals surface area (Å²) in [6, 6.07) is 7.98. The number of hydrogen-bond acceptors (Lipinski definition) is 4. The molecule has 0 saturated heterocycles. The third-order valence-electron chi connectivity index (χ3n) is 7.83. The fourth-order valence-electron chi connectivity index (χ4n) is 5.69. The molecule has 0 atom stereocenters. The van der Waals surface area contributed by atoms with Gasteiger partial charge in [0.25, 0.3) is 0 Å². The molecule has 5 nitrogen and oxygen atoms in total. The Morgan fingerprint density at radius 2 is 1.18 bits per heavy atom. The summed E-state index contributed by atoms with van der Waals surface area (Å²) in [7, 11) is 2.29. The van der Waals surface area contributed by atoms with E-state index >= 15 is 0 Å². The molecule has 38 heavy (non-hydrogen) atoms. The van der Waals surface area contributed by atoms with Crippen LogP contribution in [0.3, 0.4) is 0 Å². The number of hydrogen-bond donors (Lipinski definition) is 2. The Labute approximate surface area is 239 Å². The second-order valence-corrected chi connectivity index (χ2v) is 11.2. The van der Waals surface area contributed by atoms with Crippen LogP contribution in [0.25, 0.3) is 0 Å². The van der Waals surface area contributed by atoms with E-state index in [2.05, 4.69) is 20.9 Å². The van der Waals surface area contributed by atoms with E-state index in [1.165, 1.54) is 70.3 Å². The van der Waals surface area contributed by atoms with Crippen molar-refractivity contribution in [2.45, 2.75) is 97.4 Å². The number of aromatic hydroxyl groups is 2. The molecular formula is C32H46BrNO4. The Bertz CT molecular complexity index is 1070. The van der Waals surface area contributed by atoms with Gasteiger partial charge in [0.05, 0.1) is 31.3 Å². The molecule has 3 rings (SSSR count). The SMILES string of the molecule is CCCCCCCC[N+](C)(CCCCCCCC)Cc1cc(O)c2c(c1)C(=O)c1cccc(O)c1C2=O.[Br-]. The smallest absolute Gasteiger partial charge is 0.201 e. The van der Waals surface area contributed by atoms with Crippen LogP contribution in [-0.4, -0.2) is 46.4 Å². The van der Waals surface area contributed by atoms with Crippen LogP contribution in [0.5, 0.6) is 11.5 Å². The van der Waals surface area contributed by atoms with Crippen LogP contribution in [0.15, 0.2) is 30.3 Å². The van der Waals surface area contributed by atoms with E-state index in [1.807, 2.05) is 0 Å². The largest absolute Gasteiger partial charge is 1.00 e. The number of unbranched alkanes of at least 4 members (excludes halogenated alkanes) is 10. The van der Waals surface area contributed by atoms with Crippen LogP contribution >= 0.6 is 0 Å². The molecule has 6 heteroatoms. The first-order valence-electron chi connectivity index (χ1n) is 14.4. The van der Waals surface area contributed by atoms with Crippen molar-refractivity contribution < 1.29 is 41.3 Å². The first-order valence-corrected chi connectivity index (χ1v) is 14.4. The first kappa shape index (κ1) is 32.0. The van der Waals surface area contributed by atoms with Gasteiger partial charge in [-0.2, -0.15) is 0 Å². The van der Waals surface area contributed by atoms with Gasteiger partial charge < -0.3 is 31.7 Å². The number of carbonyl (C=O) groups is 2. The minimum absolute atomic E-state index is 0. The topological polar surface area (TPSA) is 74.6 Å². The number of nitrogens with zero attached hydrogens (tertiary/aromatic N) is 1. The molecule has 0 bridgehead atoms. The maximum atomic E-state index is 13.3. The average molecular weight is 589 g/mol. The highest BCUT2D eigenvalue weighted by Gasteiger charge is 2.35. The number of phenolic OH excluding ortho intramolecular Hbond substituents is 2. The number of benzene rings is 2. The molecule has 1 aliphatic carbocycles. The number of rotatable bonds is 16. The normalized spacial score (nSPS) is 12.7. The van der Waals surface area contributed by atoms with Gasteiger partial charge in [-0.25, -0.2) is 0 Å². The molecule has 2 aromatic rings. The summed E-state index contributed by atoms with van der Waals surface area (Å²) < 4.78 is 0.860. The molecule has 0 aliphatic heterocycles. The molecule has 1 aliphatic rings. The number of halogens is 1. The van der Waals surface area contributed by atoms with Crippen LogP contribution in [0, 0.1) is 0 Å². The van der Waals surface area contributed by atoms with Crippen molar-refractivity contribution in [1.82, 2.24) is 0 Å². The maximum Gasteiger partial charge on any atom is 0.201 e. The Hall–Kier alpha value is -2.18. The van der Waals surface area contributed by atoms with Gasteiger partial charge in [-0.05, 0) is 43.9 Å². The second-order valence-electron chi connectivity index (χ2n) is 11.2. The van der Waals surface area contributed by atoms with E-state index in [-0.39, 0.29) is 56.5 Å². The van der Waals surface area contributed by atoms with E-state index < -0.39 is 5.78 Å². The fraction of sp³-hybridized carbons (Fsp3) is 0.562. The van der Waals surface area contributed by atoms with Crippen molar-refractivity contribution >= 4 is 11.6 Å². The summed E-state index contributed by atoms with van der Waals surface area (Å²) in [6.07, 6.45) is 15.0. The highest BCUT2D eigenvalue weighted by Crippen LogP contribution is 2.37. The van der Waals surface area contributed by atoms with Gasteiger partial charge in [0, 0.05) is 16.7 Å². The van der Waals surface area contributed by atoms with Crippen LogP contribution in [-0.2, 0) is 6.54 Å². The molecule has 0 heterocycles. The lowest BCUT2D eigenvalue weighted by Gasteiger charge is -2.35. The monoisotopic (exact) mass is 587 g/mol. The van der Waals surface area contributed by atoms with E-state index in [0.717, 1.165) is 36.0 Å². The Morgan fingerprint density at radius 3 is 1.76 bits per heavy atom. The molecule has 0 unspecified atom stereocenters. The van der Waals surface area contributed by atoms with E-state index in [4.69, 9.17) is 0 Å². The van der Waals surface area contributed by atoms with Gasteiger partial charge in [-0.1, -0.05) is 77.3 Å². The summed E-state index contributed by atoms with van der Waals surface area (Å²) in [6.45, 7) is 7.30. The standard InChI is InChI=1S/C32H45NO4.BrH/c1-4-6-8-10-12-14-19-33(3,20-15-13-11-9-7-5-2)23-24-21-26-30(28(35)22-24)32(37)29-25(31(26)36)17-16-18-27(29)34;/h16-18,21-22H,4-15,19-20,23H2,1-3H3,(H-,34,35,37);1H. The van der Waals surface area contributed by atoms with Crippen LogP contribution in [0.4, 0.5) is 0 Å². The predicted octanol–water partition coefficient (Wildman–Crippen LogP) is 4.54. The van der Waals surface area contributed by atoms with Crippen molar-refractivity contribution in [2.24, 2.45) is 0 Å². The van der Waals surface area contributed by atoms with E-state index in [1.54, 1.807) is 24.3 Å². The Balaban J connectivity index is 0.00000507. The third kappa shape index (κ3) is 8.16. The van der Waals surface area contributed by atoms with Gasteiger partial charge in [0.15, 0.2) is 5.78 Å². The molecule has 0 saturated carbocycles. The van der Waals surface area contributed by atoms with Crippen LogP contribution in [0.1, 0.15) is 128 Å². The fourth-order valence-corrected chi connectivity index (χ4v) is 5.69. The lowest BCUT2D eigenvalue weighted by Crippen LogP contribution is -3.00. The minimum Gasteiger partial charge on any atom is -1.00 e. The molecular weight excluding hydrogens is 542 g/mol. The minimum atomic E-state index is -0.497. The molecule has 0 amide bonds. The van der Waals surface area contributed by atoms with Gasteiger partial charge in [0.2, 0.25) is 5.78 Å². The molecule has 0 radical (unpaired) electrons. The van der Waals surface area contributed by atoms with Gasteiger partial charge >= 0.3 is 0 Å². The third-order valence-corrected chi connectivity index (χ3v) is 7.83.